The average Bonchev–Trinajstić information content (AvgIpc) is 2.54. The van der Waals surface area contributed by atoms with Gasteiger partial charge in [-0.15, -0.1) is 0 Å². The SMILES string of the molecule is CC(C)(C)OC(=O)NCC(=O)NCCNC(=O)c1ccccc1C(F)(F)F. The summed E-state index contributed by atoms with van der Waals surface area (Å²) in [5, 5.41) is 6.96. The zero-order valence-electron chi connectivity index (χ0n) is 15.2. The van der Waals surface area contributed by atoms with Crippen LogP contribution in [0.15, 0.2) is 24.3 Å². The zero-order valence-corrected chi connectivity index (χ0v) is 15.2. The van der Waals surface area contributed by atoms with Gasteiger partial charge in [0.15, 0.2) is 0 Å². The summed E-state index contributed by atoms with van der Waals surface area (Å²) in [7, 11) is 0. The molecule has 1 aromatic carbocycles. The van der Waals surface area contributed by atoms with E-state index >= 15 is 0 Å². The Morgan fingerprint density at radius 1 is 0.963 bits per heavy atom. The topological polar surface area (TPSA) is 96.5 Å². The summed E-state index contributed by atoms with van der Waals surface area (Å²) in [6.07, 6.45) is -5.40. The predicted molar refractivity (Wildman–Crippen MR) is 91.0 cm³/mol. The summed E-state index contributed by atoms with van der Waals surface area (Å²) in [6, 6.07) is 4.41. The monoisotopic (exact) mass is 389 g/mol. The Bertz CT molecular complexity index is 685. The maximum absolute atomic E-state index is 12.9. The van der Waals surface area contributed by atoms with Crippen LogP contribution in [0.1, 0.15) is 36.7 Å². The third kappa shape index (κ3) is 8.43. The Labute approximate surface area is 154 Å². The third-order valence-electron chi connectivity index (χ3n) is 3.00. The van der Waals surface area contributed by atoms with Crippen molar-refractivity contribution in [3.63, 3.8) is 0 Å². The highest BCUT2D eigenvalue weighted by atomic mass is 19.4. The Morgan fingerprint density at radius 2 is 1.56 bits per heavy atom. The summed E-state index contributed by atoms with van der Waals surface area (Å²) in [4.78, 5) is 34.9. The van der Waals surface area contributed by atoms with Crippen LogP contribution < -0.4 is 16.0 Å². The second-order valence-electron chi connectivity index (χ2n) is 6.50. The average molecular weight is 389 g/mol. The fourth-order valence-electron chi connectivity index (χ4n) is 1.93. The van der Waals surface area contributed by atoms with Crippen LogP contribution in [-0.4, -0.2) is 43.1 Å². The minimum Gasteiger partial charge on any atom is -0.444 e. The van der Waals surface area contributed by atoms with Crippen LogP contribution in [0.25, 0.3) is 0 Å². The molecule has 1 rings (SSSR count). The highest BCUT2D eigenvalue weighted by Crippen LogP contribution is 2.31. The molecule has 0 fully saturated rings. The molecule has 0 atom stereocenters. The van der Waals surface area contributed by atoms with Gasteiger partial charge in [0.25, 0.3) is 5.91 Å². The van der Waals surface area contributed by atoms with Crippen LogP contribution in [0, 0.1) is 0 Å². The van der Waals surface area contributed by atoms with Crippen LogP contribution in [0.5, 0.6) is 0 Å². The van der Waals surface area contributed by atoms with Crippen molar-refractivity contribution in [3.8, 4) is 0 Å². The lowest BCUT2D eigenvalue weighted by molar-refractivity contribution is -0.138. The van der Waals surface area contributed by atoms with Crippen molar-refractivity contribution in [1.82, 2.24) is 16.0 Å². The molecule has 0 aliphatic heterocycles. The molecule has 0 radical (unpaired) electrons. The molecule has 0 aliphatic rings. The number of carbonyl (C=O) groups is 3. The molecule has 0 aliphatic carbocycles. The van der Waals surface area contributed by atoms with Gasteiger partial charge in [0.05, 0.1) is 17.7 Å². The summed E-state index contributed by atoms with van der Waals surface area (Å²) >= 11 is 0. The van der Waals surface area contributed by atoms with E-state index in [2.05, 4.69) is 16.0 Å². The molecule has 3 N–H and O–H groups in total. The van der Waals surface area contributed by atoms with Crippen molar-refractivity contribution in [3.05, 3.63) is 35.4 Å². The smallest absolute Gasteiger partial charge is 0.417 e. The predicted octanol–water partition coefficient (Wildman–Crippen LogP) is 2.08. The van der Waals surface area contributed by atoms with E-state index in [0.29, 0.717) is 0 Å². The van der Waals surface area contributed by atoms with Crippen molar-refractivity contribution in [2.45, 2.75) is 32.5 Å². The molecule has 1 aromatic rings. The van der Waals surface area contributed by atoms with Gasteiger partial charge in [0.1, 0.15) is 5.60 Å². The maximum atomic E-state index is 12.9. The lowest BCUT2D eigenvalue weighted by Gasteiger charge is -2.19. The first-order valence-corrected chi connectivity index (χ1v) is 8.08. The highest BCUT2D eigenvalue weighted by Gasteiger charge is 2.34. The number of benzene rings is 1. The third-order valence-corrected chi connectivity index (χ3v) is 3.00. The normalized spacial score (nSPS) is 11.5. The molecule has 27 heavy (non-hydrogen) atoms. The number of hydrogen-bond acceptors (Lipinski definition) is 4. The number of halogens is 3. The minimum absolute atomic E-state index is 0.0191. The van der Waals surface area contributed by atoms with Crippen molar-refractivity contribution in [1.29, 1.82) is 0 Å². The van der Waals surface area contributed by atoms with E-state index in [4.69, 9.17) is 4.74 Å². The molecule has 0 heterocycles. The van der Waals surface area contributed by atoms with Crippen LogP contribution in [-0.2, 0) is 15.7 Å². The standard InChI is InChI=1S/C17H22F3N3O4/c1-16(2,3)27-15(26)23-10-13(24)21-8-9-22-14(25)11-6-4-5-7-12(11)17(18,19)20/h4-7H,8-10H2,1-3H3,(H,21,24)(H,22,25)(H,23,26). The van der Waals surface area contributed by atoms with Crippen molar-refractivity contribution < 1.29 is 32.3 Å². The fraction of sp³-hybridized carbons (Fsp3) is 0.471. The van der Waals surface area contributed by atoms with Gasteiger partial charge in [-0.05, 0) is 32.9 Å². The van der Waals surface area contributed by atoms with Gasteiger partial charge >= 0.3 is 12.3 Å². The Kier molecular flexibility index (Phi) is 7.62. The van der Waals surface area contributed by atoms with E-state index in [1.54, 1.807) is 20.8 Å². The Balaban J connectivity index is 2.37. The van der Waals surface area contributed by atoms with Crippen molar-refractivity contribution in [2.24, 2.45) is 0 Å². The second kappa shape index (κ2) is 9.24. The van der Waals surface area contributed by atoms with Crippen LogP contribution >= 0.6 is 0 Å². The lowest BCUT2D eigenvalue weighted by atomic mass is 10.1. The molecule has 0 bridgehead atoms. The number of rotatable bonds is 6. The quantitative estimate of drug-likeness (QED) is 0.649. The summed E-state index contributed by atoms with van der Waals surface area (Å²) in [6.45, 7) is 4.59. The molecule has 7 nitrogen and oxygen atoms in total. The molecule has 0 unspecified atom stereocenters. The number of ether oxygens (including phenoxy) is 1. The number of carbonyl (C=O) groups excluding carboxylic acids is 3. The van der Waals surface area contributed by atoms with E-state index in [9.17, 15) is 27.6 Å². The van der Waals surface area contributed by atoms with Crippen LogP contribution in [0.3, 0.4) is 0 Å². The first-order valence-electron chi connectivity index (χ1n) is 8.08. The van der Waals surface area contributed by atoms with Crippen molar-refractivity contribution >= 4 is 17.9 Å². The Hall–Kier alpha value is -2.78. The van der Waals surface area contributed by atoms with Gasteiger partial charge in [-0.1, -0.05) is 12.1 Å². The summed E-state index contributed by atoms with van der Waals surface area (Å²) in [5.74, 6) is -1.44. The summed E-state index contributed by atoms with van der Waals surface area (Å²) in [5.41, 5.74) is -2.23. The van der Waals surface area contributed by atoms with E-state index in [1.807, 2.05) is 0 Å². The zero-order chi connectivity index (χ0) is 20.7. The Morgan fingerprint density at radius 3 is 2.15 bits per heavy atom. The maximum Gasteiger partial charge on any atom is 0.417 e. The van der Waals surface area contributed by atoms with Crippen LogP contribution in [0.2, 0.25) is 0 Å². The molecular formula is C17H22F3N3O4. The number of alkyl carbamates (subject to hydrolysis) is 1. The largest absolute Gasteiger partial charge is 0.444 e. The van der Waals surface area contributed by atoms with Gasteiger partial charge in [-0.2, -0.15) is 13.2 Å². The number of amides is 3. The molecule has 0 saturated carbocycles. The lowest BCUT2D eigenvalue weighted by Crippen LogP contribution is -2.42. The van der Waals surface area contributed by atoms with Gasteiger partial charge < -0.3 is 20.7 Å². The van der Waals surface area contributed by atoms with E-state index in [1.165, 1.54) is 12.1 Å². The van der Waals surface area contributed by atoms with E-state index in [-0.39, 0.29) is 19.6 Å². The van der Waals surface area contributed by atoms with Crippen LogP contribution in [0.4, 0.5) is 18.0 Å². The number of alkyl halides is 3. The highest BCUT2D eigenvalue weighted by molar-refractivity contribution is 5.95. The van der Waals surface area contributed by atoms with Gasteiger partial charge in [0.2, 0.25) is 5.91 Å². The molecule has 150 valence electrons. The summed E-state index contributed by atoms with van der Waals surface area (Å²) < 4.78 is 43.6. The minimum atomic E-state index is -4.64. The molecule has 3 amide bonds. The molecule has 0 spiro atoms. The number of hydrogen-bond donors (Lipinski definition) is 3. The van der Waals surface area contributed by atoms with Gasteiger partial charge in [0, 0.05) is 13.1 Å². The second-order valence-corrected chi connectivity index (χ2v) is 6.50. The van der Waals surface area contributed by atoms with E-state index < -0.39 is 40.8 Å². The molecular weight excluding hydrogens is 367 g/mol. The number of nitrogens with one attached hydrogen (secondary N) is 3. The van der Waals surface area contributed by atoms with Gasteiger partial charge in [-0.3, -0.25) is 9.59 Å². The first-order chi connectivity index (χ1) is 12.4. The molecule has 10 heteroatoms. The molecule has 0 aromatic heterocycles. The first kappa shape index (κ1) is 22.3. The van der Waals surface area contributed by atoms with E-state index in [0.717, 1.165) is 12.1 Å². The molecule has 0 saturated heterocycles. The van der Waals surface area contributed by atoms with Crippen molar-refractivity contribution in [2.75, 3.05) is 19.6 Å². The fourth-order valence-corrected chi connectivity index (χ4v) is 1.93. The van der Waals surface area contributed by atoms with Gasteiger partial charge in [-0.25, -0.2) is 4.79 Å².